The van der Waals surface area contributed by atoms with E-state index in [1.807, 2.05) is 36.4 Å². The molecule has 1 aromatic carbocycles. The summed E-state index contributed by atoms with van der Waals surface area (Å²) in [7, 11) is 3.85. The number of rotatable bonds is 5. The van der Waals surface area contributed by atoms with Crippen LogP contribution >= 0.6 is 0 Å². The van der Waals surface area contributed by atoms with Crippen LogP contribution in [0, 0.1) is 0 Å². The lowest BCUT2D eigenvalue weighted by Crippen LogP contribution is -2.44. The zero-order valence-corrected chi connectivity index (χ0v) is 23.7. The standard InChI is InChI=1S/C30H36N8O3/c1-30(40)12-5-4-6-13-37-28(39)23-19-31-29(34-27(23)38(37)26-9-7-8-25(30)33-26)32-22-10-11-24(21(18-22)20-41-3)36-16-14-35(2)15-17-36/h4,6-11,18-19,40H,5,12-17,20H2,1-3H3,(H,31,32,34)/b6-4-/t30-/m1/s1. The summed E-state index contributed by atoms with van der Waals surface area (Å²) in [4.78, 5) is 32.2. The number of benzene rings is 1. The molecule has 3 aromatic heterocycles. The van der Waals surface area contributed by atoms with Crippen molar-refractivity contribution in [3.63, 3.8) is 0 Å². The molecule has 0 unspecified atom stereocenters. The van der Waals surface area contributed by atoms with E-state index in [1.165, 1.54) is 5.69 Å². The smallest absolute Gasteiger partial charge is 0.278 e. The van der Waals surface area contributed by atoms with Gasteiger partial charge in [0.05, 0.1) is 18.8 Å². The number of hydrogen-bond acceptors (Lipinski definition) is 9. The highest BCUT2D eigenvalue weighted by molar-refractivity contribution is 5.77. The van der Waals surface area contributed by atoms with Crippen molar-refractivity contribution in [2.75, 3.05) is 50.6 Å². The van der Waals surface area contributed by atoms with Crippen LogP contribution in [0.5, 0.6) is 0 Å². The summed E-state index contributed by atoms with van der Waals surface area (Å²) in [5, 5.41) is 14.8. The third kappa shape index (κ3) is 5.35. The Labute approximate surface area is 238 Å². The van der Waals surface area contributed by atoms with Crippen LogP contribution in [-0.4, -0.2) is 74.7 Å². The van der Waals surface area contributed by atoms with E-state index in [0.717, 1.165) is 37.4 Å². The number of anilines is 3. The molecular weight excluding hydrogens is 520 g/mol. The third-order valence-corrected chi connectivity index (χ3v) is 7.90. The Balaban J connectivity index is 1.39. The molecule has 0 radical (unpaired) electrons. The predicted molar refractivity (Wildman–Crippen MR) is 159 cm³/mol. The Morgan fingerprint density at radius 1 is 1.10 bits per heavy atom. The minimum Gasteiger partial charge on any atom is -0.384 e. The van der Waals surface area contributed by atoms with Crippen LogP contribution in [0.4, 0.5) is 17.3 Å². The lowest BCUT2D eigenvalue weighted by Gasteiger charge is -2.35. The first-order valence-electron chi connectivity index (χ1n) is 14.0. The Bertz CT molecular complexity index is 1650. The molecule has 11 heteroatoms. The monoisotopic (exact) mass is 556 g/mol. The van der Waals surface area contributed by atoms with E-state index in [4.69, 9.17) is 14.7 Å². The first kappa shape index (κ1) is 27.1. The van der Waals surface area contributed by atoms with Crippen molar-refractivity contribution in [2.45, 2.75) is 38.5 Å². The van der Waals surface area contributed by atoms with Crippen molar-refractivity contribution in [2.24, 2.45) is 0 Å². The lowest BCUT2D eigenvalue weighted by molar-refractivity contribution is 0.0443. The molecule has 0 amide bonds. The fourth-order valence-corrected chi connectivity index (χ4v) is 5.53. The summed E-state index contributed by atoms with van der Waals surface area (Å²) in [6, 6.07) is 11.7. The Morgan fingerprint density at radius 2 is 1.93 bits per heavy atom. The number of methoxy groups -OCH3 is 1. The van der Waals surface area contributed by atoms with Crippen LogP contribution in [0.25, 0.3) is 16.9 Å². The van der Waals surface area contributed by atoms with E-state index in [-0.39, 0.29) is 5.56 Å². The highest BCUT2D eigenvalue weighted by Crippen LogP contribution is 2.29. The van der Waals surface area contributed by atoms with Crippen LogP contribution in [0.3, 0.4) is 0 Å². The number of aliphatic hydroxyl groups is 1. The maximum atomic E-state index is 13.4. The number of likely N-dealkylation sites (N-methyl/N-ethyl adjacent to an activating group) is 1. The highest BCUT2D eigenvalue weighted by atomic mass is 16.5. The number of ether oxygens (including phenoxy) is 1. The normalized spacial score (nSPS) is 20.4. The second-order valence-electron chi connectivity index (χ2n) is 11.0. The number of nitrogens with zero attached hydrogens (tertiary/aromatic N) is 7. The van der Waals surface area contributed by atoms with Gasteiger partial charge in [-0.1, -0.05) is 18.2 Å². The summed E-state index contributed by atoms with van der Waals surface area (Å²) in [5.41, 5.74) is 2.76. The number of pyridine rings is 1. The number of aromatic nitrogens is 5. The molecule has 0 spiro atoms. The van der Waals surface area contributed by atoms with Gasteiger partial charge in [-0.2, -0.15) is 4.98 Å². The van der Waals surface area contributed by atoms with Crippen LogP contribution in [-0.2, 0) is 23.5 Å². The predicted octanol–water partition coefficient (Wildman–Crippen LogP) is 3.18. The highest BCUT2D eigenvalue weighted by Gasteiger charge is 2.26. The van der Waals surface area contributed by atoms with Crippen molar-refractivity contribution in [1.29, 1.82) is 0 Å². The summed E-state index contributed by atoms with van der Waals surface area (Å²) in [6.45, 7) is 6.57. The van der Waals surface area contributed by atoms with Crippen molar-refractivity contribution >= 4 is 28.4 Å². The van der Waals surface area contributed by atoms with Crippen molar-refractivity contribution in [3.8, 4) is 5.82 Å². The van der Waals surface area contributed by atoms with Gasteiger partial charge in [-0.25, -0.2) is 19.3 Å². The van der Waals surface area contributed by atoms with Gasteiger partial charge in [0.15, 0.2) is 11.5 Å². The topological polar surface area (TPSA) is 114 Å². The number of allylic oxidation sites excluding steroid dienone is 2. The lowest BCUT2D eigenvalue weighted by atomic mass is 9.95. The fraction of sp³-hybridized carbons (Fsp3) is 0.400. The summed E-state index contributed by atoms with van der Waals surface area (Å²) in [5.74, 6) is 0.871. The van der Waals surface area contributed by atoms with E-state index in [1.54, 1.807) is 29.6 Å². The first-order valence-corrected chi connectivity index (χ1v) is 14.0. The molecule has 1 atom stereocenters. The zero-order valence-electron chi connectivity index (χ0n) is 23.7. The molecule has 2 aliphatic heterocycles. The van der Waals surface area contributed by atoms with Crippen LogP contribution < -0.4 is 15.8 Å². The van der Waals surface area contributed by atoms with Crippen molar-refractivity contribution < 1.29 is 9.84 Å². The zero-order chi connectivity index (χ0) is 28.6. The first-order chi connectivity index (χ1) is 19.8. The van der Waals surface area contributed by atoms with Gasteiger partial charge in [-0.05, 0) is 57.1 Å². The second kappa shape index (κ2) is 11.1. The molecule has 2 bridgehead atoms. The summed E-state index contributed by atoms with van der Waals surface area (Å²) < 4.78 is 8.85. The molecule has 4 aromatic rings. The molecule has 5 heterocycles. The second-order valence-corrected chi connectivity index (χ2v) is 11.0. The average Bonchev–Trinajstić information content (AvgIpc) is 3.23. The third-order valence-electron chi connectivity index (χ3n) is 7.90. The maximum absolute atomic E-state index is 13.4. The molecule has 11 nitrogen and oxygen atoms in total. The molecule has 0 saturated carbocycles. The number of fused-ring (bicyclic) bond motifs is 6. The molecule has 214 valence electrons. The van der Waals surface area contributed by atoms with Crippen LogP contribution in [0.2, 0.25) is 0 Å². The van der Waals surface area contributed by atoms with Crippen LogP contribution in [0.15, 0.2) is 59.5 Å². The van der Waals surface area contributed by atoms with Gasteiger partial charge in [0.1, 0.15) is 11.0 Å². The average molecular weight is 557 g/mol. The number of piperazine rings is 1. The van der Waals surface area contributed by atoms with Gasteiger partial charge in [0.25, 0.3) is 5.56 Å². The van der Waals surface area contributed by atoms with E-state index >= 15 is 0 Å². The quantitative estimate of drug-likeness (QED) is 0.358. The van der Waals surface area contributed by atoms with Gasteiger partial charge in [-0.15, -0.1) is 0 Å². The number of hydrogen-bond donors (Lipinski definition) is 2. The van der Waals surface area contributed by atoms with E-state index < -0.39 is 5.60 Å². The van der Waals surface area contributed by atoms with Crippen molar-refractivity contribution in [1.82, 2.24) is 29.2 Å². The van der Waals surface area contributed by atoms with E-state index in [9.17, 15) is 9.90 Å². The van der Waals surface area contributed by atoms with Gasteiger partial charge in [-0.3, -0.25) is 4.79 Å². The SMILES string of the molecule is COCc1cc(Nc2ncc3c(=O)n4n(c3n2)-c2cccc(n2)[C@](C)(O)CC/C=C\C4)ccc1N1CCN(C)CC1. The summed E-state index contributed by atoms with van der Waals surface area (Å²) in [6.07, 6.45) is 6.68. The molecule has 0 aliphatic carbocycles. The van der Waals surface area contributed by atoms with Gasteiger partial charge < -0.3 is 25.0 Å². The van der Waals surface area contributed by atoms with Crippen LogP contribution in [0.1, 0.15) is 31.0 Å². The Morgan fingerprint density at radius 3 is 2.73 bits per heavy atom. The van der Waals surface area contributed by atoms with E-state index in [0.29, 0.717) is 54.5 Å². The number of nitrogens with one attached hydrogen (secondary N) is 1. The van der Waals surface area contributed by atoms with Gasteiger partial charge in [0.2, 0.25) is 5.95 Å². The molecular formula is C30H36N8O3. The Hall–Kier alpha value is -4.06. The molecule has 2 N–H and O–H groups in total. The van der Waals surface area contributed by atoms with Crippen molar-refractivity contribution in [3.05, 3.63) is 76.4 Å². The molecule has 2 aliphatic rings. The maximum Gasteiger partial charge on any atom is 0.278 e. The largest absolute Gasteiger partial charge is 0.384 e. The molecule has 41 heavy (non-hydrogen) atoms. The van der Waals surface area contributed by atoms with Gasteiger partial charge in [0, 0.05) is 56.4 Å². The molecule has 6 rings (SSSR count). The van der Waals surface area contributed by atoms with E-state index in [2.05, 4.69) is 39.3 Å². The molecule has 1 saturated heterocycles. The minimum absolute atomic E-state index is 0.201. The van der Waals surface area contributed by atoms with Gasteiger partial charge >= 0.3 is 0 Å². The Kier molecular flexibility index (Phi) is 7.33. The minimum atomic E-state index is -1.10. The fourth-order valence-electron chi connectivity index (χ4n) is 5.53. The summed E-state index contributed by atoms with van der Waals surface area (Å²) >= 11 is 0. The molecule has 1 fully saturated rings.